The summed E-state index contributed by atoms with van der Waals surface area (Å²) in [6, 6.07) is 10.7. The average Bonchev–Trinajstić information content (AvgIpc) is 2.16. The fourth-order valence-electron chi connectivity index (χ4n) is 0.829. The maximum atomic E-state index is 11.0. The van der Waals surface area contributed by atoms with Crippen LogP contribution in [0.15, 0.2) is 30.3 Å². The number of hydrogen-bond donors (Lipinski definition) is 0. The van der Waals surface area contributed by atoms with E-state index in [0.717, 1.165) is 0 Å². The van der Waals surface area contributed by atoms with Gasteiger partial charge in [0.1, 0.15) is 5.75 Å². The second-order valence-electron chi connectivity index (χ2n) is 2.45. The largest absolute Gasteiger partial charge is 0.427 e. The van der Waals surface area contributed by atoms with E-state index in [1.54, 1.807) is 24.3 Å². The molecule has 1 aromatic carbocycles. The zero-order chi connectivity index (χ0) is 9.52. The van der Waals surface area contributed by atoms with Crippen LogP contribution in [0.3, 0.4) is 0 Å². The van der Waals surface area contributed by atoms with E-state index in [2.05, 4.69) is 0 Å². The molecule has 0 atom stereocenters. The molecule has 0 amide bonds. The van der Waals surface area contributed by atoms with Crippen molar-refractivity contribution in [2.75, 3.05) is 0 Å². The van der Waals surface area contributed by atoms with Crippen LogP contribution < -0.4 is 4.74 Å². The molecule has 0 aliphatic rings. The van der Waals surface area contributed by atoms with Crippen molar-refractivity contribution >= 4 is 5.97 Å². The van der Waals surface area contributed by atoms with Gasteiger partial charge in [0.25, 0.3) is 0 Å². The van der Waals surface area contributed by atoms with E-state index < -0.39 is 0 Å². The van der Waals surface area contributed by atoms with Gasteiger partial charge in [0.2, 0.25) is 0 Å². The Labute approximate surface area is 76.6 Å². The van der Waals surface area contributed by atoms with Gasteiger partial charge < -0.3 is 4.74 Å². The number of para-hydroxylation sites is 1. The monoisotopic (exact) mass is 175 g/mol. The van der Waals surface area contributed by atoms with Crippen LogP contribution in [0.25, 0.3) is 0 Å². The van der Waals surface area contributed by atoms with Gasteiger partial charge in [0.15, 0.2) is 0 Å². The van der Waals surface area contributed by atoms with E-state index >= 15 is 0 Å². The predicted octanol–water partition coefficient (Wildman–Crippen LogP) is 1.90. The molecule has 3 nitrogen and oxygen atoms in total. The maximum absolute atomic E-state index is 11.0. The van der Waals surface area contributed by atoms with Gasteiger partial charge in [-0.15, -0.1) is 0 Å². The van der Waals surface area contributed by atoms with Gasteiger partial charge in [-0.1, -0.05) is 18.2 Å². The zero-order valence-electron chi connectivity index (χ0n) is 7.06. The lowest BCUT2D eigenvalue weighted by molar-refractivity contribution is -0.134. The normalized spacial score (nSPS) is 8.85. The number of nitrogens with zero attached hydrogens (tertiary/aromatic N) is 1. The number of benzene rings is 1. The number of ether oxygens (including phenoxy) is 1. The van der Waals surface area contributed by atoms with Crippen LogP contribution >= 0.6 is 0 Å². The van der Waals surface area contributed by atoms with Gasteiger partial charge >= 0.3 is 5.97 Å². The van der Waals surface area contributed by atoms with Gasteiger partial charge in [0, 0.05) is 6.42 Å². The minimum atomic E-state index is -0.368. The Bertz CT molecular complexity index is 313. The molecule has 0 bridgehead atoms. The van der Waals surface area contributed by atoms with E-state index in [0.29, 0.717) is 5.75 Å². The molecule has 1 aromatic rings. The number of hydrogen-bond acceptors (Lipinski definition) is 3. The van der Waals surface area contributed by atoms with Crippen LogP contribution in [0.2, 0.25) is 0 Å². The van der Waals surface area contributed by atoms with Gasteiger partial charge in [-0.2, -0.15) is 5.26 Å². The summed E-state index contributed by atoms with van der Waals surface area (Å²) in [4.78, 5) is 11.0. The van der Waals surface area contributed by atoms with Gasteiger partial charge in [-0.05, 0) is 12.1 Å². The summed E-state index contributed by atoms with van der Waals surface area (Å²) in [5.41, 5.74) is 0. The minimum absolute atomic E-state index is 0.144. The predicted molar refractivity (Wildman–Crippen MR) is 46.9 cm³/mol. The molecule has 0 aliphatic carbocycles. The lowest BCUT2D eigenvalue weighted by atomic mass is 10.3. The molecule has 3 heteroatoms. The number of carbonyl (C=O) groups excluding carboxylic acids is 1. The summed E-state index contributed by atoms with van der Waals surface area (Å²) in [7, 11) is 0. The highest BCUT2D eigenvalue weighted by atomic mass is 16.5. The van der Waals surface area contributed by atoms with E-state index in [1.165, 1.54) is 0 Å². The number of esters is 1. The molecule has 0 fully saturated rings. The summed E-state index contributed by atoms with van der Waals surface area (Å²) in [5.74, 6) is 0.151. The lowest BCUT2D eigenvalue weighted by Gasteiger charge is -2.00. The SMILES string of the molecule is N#CCCC(=O)Oc1ccccc1. The van der Waals surface area contributed by atoms with Crippen LogP contribution in [0.4, 0.5) is 0 Å². The number of carbonyl (C=O) groups is 1. The standard InChI is InChI=1S/C10H9NO2/c11-8-4-7-10(12)13-9-5-2-1-3-6-9/h1-3,5-6H,4,7H2. The fraction of sp³-hybridized carbons (Fsp3) is 0.200. The van der Waals surface area contributed by atoms with Crippen LogP contribution in [0.5, 0.6) is 5.75 Å². The summed E-state index contributed by atoms with van der Waals surface area (Å²) >= 11 is 0. The van der Waals surface area contributed by atoms with Crippen molar-refractivity contribution in [3.05, 3.63) is 30.3 Å². The molecule has 13 heavy (non-hydrogen) atoms. The first kappa shape index (κ1) is 9.27. The summed E-state index contributed by atoms with van der Waals surface area (Å²) in [6.45, 7) is 0. The molecule has 0 heterocycles. The molecule has 0 radical (unpaired) electrons. The van der Waals surface area contributed by atoms with Crippen molar-refractivity contribution < 1.29 is 9.53 Å². The van der Waals surface area contributed by atoms with Crippen LogP contribution in [-0.2, 0) is 4.79 Å². The number of rotatable bonds is 3. The molecule has 0 aromatic heterocycles. The Balaban J connectivity index is 2.42. The molecule has 1 rings (SSSR count). The smallest absolute Gasteiger partial charge is 0.312 e. The van der Waals surface area contributed by atoms with Gasteiger partial charge in [-0.25, -0.2) is 0 Å². The van der Waals surface area contributed by atoms with Crippen LogP contribution in [-0.4, -0.2) is 5.97 Å². The van der Waals surface area contributed by atoms with Crippen LogP contribution in [0.1, 0.15) is 12.8 Å². The van der Waals surface area contributed by atoms with Crippen molar-refractivity contribution in [1.29, 1.82) is 5.26 Å². The Kier molecular flexibility index (Phi) is 3.52. The Hall–Kier alpha value is -1.82. The Morgan fingerprint density at radius 2 is 2.08 bits per heavy atom. The van der Waals surface area contributed by atoms with Crippen molar-refractivity contribution in [2.45, 2.75) is 12.8 Å². The second-order valence-corrected chi connectivity index (χ2v) is 2.45. The van der Waals surface area contributed by atoms with E-state index in [9.17, 15) is 4.79 Å². The van der Waals surface area contributed by atoms with Crippen molar-refractivity contribution in [3.63, 3.8) is 0 Å². The zero-order valence-corrected chi connectivity index (χ0v) is 7.06. The molecule has 0 spiro atoms. The summed E-state index contributed by atoms with van der Waals surface area (Å²) in [5, 5.41) is 8.22. The third-order valence-corrected chi connectivity index (χ3v) is 1.42. The molecule has 0 N–H and O–H groups in total. The molecule has 0 saturated carbocycles. The van der Waals surface area contributed by atoms with Crippen LogP contribution in [0, 0.1) is 11.3 Å². The fourth-order valence-corrected chi connectivity index (χ4v) is 0.829. The Morgan fingerprint density at radius 3 is 2.69 bits per heavy atom. The number of nitriles is 1. The highest BCUT2D eigenvalue weighted by Crippen LogP contribution is 2.09. The highest BCUT2D eigenvalue weighted by molar-refractivity contribution is 5.72. The quantitative estimate of drug-likeness (QED) is 0.520. The van der Waals surface area contributed by atoms with Crippen molar-refractivity contribution in [3.8, 4) is 11.8 Å². The first-order chi connectivity index (χ1) is 6.33. The topological polar surface area (TPSA) is 50.1 Å². The van der Waals surface area contributed by atoms with Gasteiger partial charge in [0.05, 0.1) is 12.5 Å². The minimum Gasteiger partial charge on any atom is -0.427 e. The van der Waals surface area contributed by atoms with E-state index in [-0.39, 0.29) is 18.8 Å². The highest BCUT2D eigenvalue weighted by Gasteiger charge is 2.02. The second kappa shape index (κ2) is 4.94. The third kappa shape index (κ3) is 3.39. The first-order valence-electron chi connectivity index (χ1n) is 3.95. The molecular weight excluding hydrogens is 166 g/mol. The lowest BCUT2D eigenvalue weighted by Crippen LogP contribution is -2.06. The molecule has 0 unspecified atom stereocenters. The van der Waals surface area contributed by atoms with Gasteiger partial charge in [-0.3, -0.25) is 4.79 Å². The third-order valence-electron chi connectivity index (χ3n) is 1.42. The summed E-state index contributed by atoms with van der Waals surface area (Å²) < 4.78 is 4.93. The summed E-state index contributed by atoms with van der Waals surface area (Å²) in [6.07, 6.45) is 0.344. The van der Waals surface area contributed by atoms with E-state index in [4.69, 9.17) is 10.00 Å². The van der Waals surface area contributed by atoms with E-state index in [1.807, 2.05) is 12.1 Å². The van der Waals surface area contributed by atoms with Crippen molar-refractivity contribution in [1.82, 2.24) is 0 Å². The molecule has 0 aliphatic heterocycles. The molecular formula is C10H9NO2. The molecule has 66 valence electrons. The van der Waals surface area contributed by atoms with Crippen molar-refractivity contribution in [2.24, 2.45) is 0 Å². The first-order valence-corrected chi connectivity index (χ1v) is 3.95. The average molecular weight is 175 g/mol. The molecule has 0 saturated heterocycles. The Morgan fingerprint density at radius 1 is 1.38 bits per heavy atom. The maximum Gasteiger partial charge on any atom is 0.312 e.